The first-order chi connectivity index (χ1) is 9.56. The largest absolute Gasteiger partial charge is 0.480 e. The van der Waals surface area contributed by atoms with Crippen LogP contribution in [0.2, 0.25) is 0 Å². The molecule has 1 unspecified atom stereocenters. The molecule has 1 atom stereocenters. The van der Waals surface area contributed by atoms with Crippen molar-refractivity contribution < 1.29 is 14.7 Å². The van der Waals surface area contributed by atoms with Crippen LogP contribution in [0.4, 0.5) is 4.79 Å². The normalized spacial score (nSPS) is 15.4. The van der Waals surface area contributed by atoms with Crippen molar-refractivity contribution >= 4 is 12.0 Å². The van der Waals surface area contributed by atoms with E-state index >= 15 is 0 Å². The number of benzene rings is 1. The minimum atomic E-state index is -1.01. The van der Waals surface area contributed by atoms with Crippen LogP contribution in [0, 0.1) is 5.92 Å². The predicted octanol–water partition coefficient (Wildman–Crippen LogP) is 1.73. The Morgan fingerprint density at radius 3 is 2.55 bits per heavy atom. The summed E-state index contributed by atoms with van der Waals surface area (Å²) in [4.78, 5) is 24.8. The van der Waals surface area contributed by atoms with Crippen molar-refractivity contribution in [2.24, 2.45) is 5.92 Å². The first kappa shape index (κ1) is 14.4. The second-order valence-electron chi connectivity index (χ2n) is 5.35. The fourth-order valence-corrected chi connectivity index (χ4v) is 2.08. The van der Waals surface area contributed by atoms with E-state index in [1.54, 1.807) is 11.9 Å². The molecule has 2 rings (SSSR count). The van der Waals surface area contributed by atoms with Gasteiger partial charge in [-0.3, -0.25) is 0 Å². The number of nitrogens with zero attached hydrogens (tertiary/aromatic N) is 1. The number of carboxylic acids is 1. The Labute approximate surface area is 118 Å². The molecule has 5 nitrogen and oxygen atoms in total. The first-order valence-corrected chi connectivity index (χ1v) is 6.84. The van der Waals surface area contributed by atoms with Crippen LogP contribution in [0.15, 0.2) is 30.3 Å². The molecule has 0 aromatic heterocycles. The Morgan fingerprint density at radius 1 is 1.35 bits per heavy atom. The fourth-order valence-electron chi connectivity index (χ4n) is 2.08. The highest BCUT2D eigenvalue weighted by Gasteiger charge is 2.27. The average molecular weight is 276 g/mol. The second kappa shape index (κ2) is 6.41. The molecular formula is C15H20N2O3. The van der Waals surface area contributed by atoms with E-state index in [9.17, 15) is 14.7 Å². The second-order valence-corrected chi connectivity index (χ2v) is 5.35. The van der Waals surface area contributed by atoms with Gasteiger partial charge in [-0.2, -0.15) is 0 Å². The van der Waals surface area contributed by atoms with Crippen molar-refractivity contribution in [3.05, 3.63) is 35.9 Å². The summed E-state index contributed by atoms with van der Waals surface area (Å²) in [5, 5.41) is 11.8. The number of nitrogens with one attached hydrogen (secondary N) is 1. The lowest BCUT2D eigenvalue weighted by atomic mass is 10.1. The summed E-state index contributed by atoms with van der Waals surface area (Å²) in [7, 11) is 1.70. The minimum Gasteiger partial charge on any atom is -0.480 e. The number of aliphatic carboxylic acids is 1. The number of rotatable bonds is 6. The third kappa shape index (κ3) is 4.26. The Balaban J connectivity index is 1.91. The number of hydrogen-bond acceptors (Lipinski definition) is 2. The van der Waals surface area contributed by atoms with Crippen molar-refractivity contribution in [2.75, 3.05) is 13.6 Å². The third-order valence-electron chi connectivity index (χ3n) is 3.45. The van der Waals surface area contributed by atoms with E-state index in [1.165, 1.54) is 0 Å². The molecule has 1 aromatic rings. The van der Waals surface area contributed by atoms with Crippen LogP contribution in [0.25, 0.3) is 0 Å². The predicted molar refractivity (Wildman–Crippen MR) is 75.5 cm³/mol. The van der Waals surface area contributed by atoms with E-state index in [0.29, 0.717) is 18.9 Å². The first-order valence-electron chi connectivity index (χ1n) is 6.84. The van der Waals surface area contributed by atoms with Gasteiger partial charge in [-0.05, 0) is 24.3 Å². The molecule has 108 valence electrons. The van der Waals surface area contributed by atoms with Crippen molar-refractivity contribution in [1.82, 2.24) is 10.2 Å². The average Bonchev–Trinajstić information content (AvgIpc) is 3.22. The van der Waals surface area contributed by atoms with E-state index in [1.807, 2.05) is 30.3 Å². The number of carbonyl (C=O) groups excluding carboxylic acids is 1. The Hall–Kier alpha value is -2.04. The molecule has 1 fully saturated rings. The maximum atomic E-state index is 12.0. The van der Waals surface area contributed by atoms with Gasteiger partial charge in [0.05, 0.1) is 0 Å². The molecule has 1 saturated carbocycles. The smallest absolute Gasteiger partial charge is 0.326 e. The van der Waals surface area contributed by atoms with Crippen molar-refractivity contribution in [3.63, 3.8) is 0 Å². The lowest BCUT2D eigenvalue weighted by Gasteiger charge is -2.21. The van der Waals surface area contributed by atoms with Crippen LogP contribution in [0.1, 0.15) is 18.4 Å². The summed E-state index contributed by atoms with van der Waals surface area (Å²) in [6.45, 7) is 0.698. The molecule has 0 heterocycles. The van der Waals surface area contributed by atoms with Gasteiger partial charge in [0.25, 0.3) is 0 Å². The zero-order chi connectivity index (χ0) is 14.5. The van der Waals surface area contributed by atoms with Gasteiger partial charge in [0, 0.05) is 20.0 Å². The summed E-state index contributed by atoms with van der Waals surface area (Å²) >= 11 is 0. The highest BCUT2D eigenvalue weighted by Crippen LogP contribution is 2.29. The maximum Gasteiger partial charge on any atom is 0.326 e. The number of urea groups is 1. The van der Waals surface area contributed by atoms with E-state index in [4.69, 9.17) is 0 Å². The zero-order valence-electron chi connectivity index (χ0n) is 11.6. The van der Waals surface area contributed by atoms with Crippen LogP contribution >= 0.6 is 0 Å². The topological polar surface area (TPSA) is 69.6 Å². The molecule has 2 N–H and O–H groups in total. The Bertz CT molecular complexity index is 471. The lowest BCUT2D eigenvalue weighted by molar-refractivity contribution is -0.139. The van der Waals surface area contributed by atoms with Crippen molar-refractivity contribution in [1.29, 1.82) is 0 Å². The molecule has 2 amide bonds. The monoisotopic (exact) mass is 276 g/mol. The zero-order valence-corrected chi connectivity index (χ0v) is 11.6. The van der Waals surface area contributed by atoms with Gasteiger partial charge < -0.3 is 15.3 Å². The van der Waals surface area contributed by atoms with Crippen LogP contribution in [-0.2, 0) is 11.2 Å². The summed E-state index contributed by atoms with van der Waals surface area (Å²) < 4.78 is 0. The molecule has 20 heavy (non-hydrogen) atoms. The van der Waals surface area contributed by atoms with Gasteiger partial charge in [-0.1, -0.05) is 30.3 Å². The van der Waals surface area contributed by atoms with Gasteiger partial charge in [0.1, 0.15) is 6.04 Å². The minimum absolute atomic E-state index is 0.291. The maximum absolute atomic E-state index is 12.0. The van der Waals surface area contributed by atoms with E-state index < -0.39 is 12.0 Å². The van der Waals surface area contributed by atoms with Crippen molar-refractivity contribution in [3.8, 4) is 0 Å². The summed E-state index contributed by atoms with van der Waals surface area (Å²) in [6, 6.07) is 8.09. The van der Waals surface area contributed by atoms with Crippen LogP contribution in [0.3, 0.4) is 0 Å². The quantitative estimate of drug-likeness (QED) is 0.831. The van der Waals surface area contributed by atoms with Gasteiger partial charge in [-0.25, -0.2) is 9.59 Å². The third-order valence-corrected chi connectivity index (χ3v) is 3.45. The SMILES string of the molecule is CN(CC1CC1)C(=O)NC(Cc1ccccc1)C(=O)O. The molecular weight excluding hydrogens is 256 g/mol. The van der Waals surface area contributed by atoms with E-state index in [0.717, 1.165) is 18.4 Å². The molecule has 0 spiro atoms. The lowest BCUT2D eigenvalue weighted by Crippen LogP contribution is -2.48. The summed E-state index contributed by atoms with van der Waals surface area (Å²) in [6.07, 6.45) is 2.60. The van der Waals surface area contributed by atoms with Crippen molar-refractivity contribution in [2.45, 2.75) is 25.3 Å². The molecule has 0 saturated heterocycles. The molecule has 1 aliphatic rings. The van der Waals surface area contributed by atoms with Crippen LogP contribution < -0.4 is 5.32 Å². The Morgan fingerprint density at radius 2 is 2.00 bits per heavy atom. The molecule has 0 bridgehead atoms. The van der Waals surface area contributed by atoms with Gasteiger partial charge in [-0.15, -0.1) is 0 Å². The number of carbonyl (C=O) groups is 2. The highest BCUT2D eigenvalue weighted by molar-refractivity contribution is 5.82. The van der Waals surface area contributed by atoms with Gasteiger partial charge in [0.15, 0.2) is 0 Å². The number of hydrogen-bond donors (Lipinski definition) is 2. The van der Waals surface area contributed by atoms with E-state index in [2.05, 4.69) is 5.32 Å². The van der Waals surface area contributed by atoms with E-state index in [-0.39, 0.29) is 6.03 Å². The standard InChI is InChI=1S/C15H20N2O3/c1-17(10-12-7-8-12)15(20)16-13(14(18)19)9-11-5-3-2-4-6-11/h2-6,12-13H,7-10H2,1H3,(H,16,20)(H,18,19). The van der Waals surface area contributed by atoms with Crippen LogP contribution in [0.5, 0.6) is 0 Å². The molecule has 1 aromatic carbocycles. The summed E-state index contributed by atoms with van der Waals surface area (Å²) in [5.41, 5.74) is 0.894. The summed E-state index contributed by atoms with van der Waals surface area (Å²) in [5.74, 6) is -0.426. The molecule has 5 heteroatoms. The molecule has 0 radical (unpaired) electrons. The highest BCUT2D eigenvalue weighted by atomic mass is 16.4. The van der Waals surface area contributed by atoms with Gasteiger partial charge in [0.2, 0.25) is 0 Å². The number of carboxylic acid groups (broad SMARTS) is 1. The number of amides is 2. The van der Waals surface area contributed by atoms with Gasteiger partial charge >= 0.3 is 12.0 Å². The fraction of sp³-hybridized carbons (Fsp3) is 0.467. The molecule has 1 aliphatic carbocycles. The molecule has 0 aliphatic heterocycles. The Kier molecular flexibility index (Phi) is 4.61. The van der Waals surface area contributed by atoms with Crippen LogP contribution in [-0.4, -0.2) is 41.6 Å².